The average molecular weight is 240 g/mol. The van der Waals surface area contributed by atoms with E-state index in [1.54, 1.807) is 14.2 Å². The molecule has 1 aromatic rings. The smallest absolute Gasteiger partial charge is 0.204 e. The summed E-state index contributed by atoms with van der Waals surface area (Å²) in [7, 11) is 3.32. The van der Waals surface area contributed by atoms with E-state index in [-0.39, 0.29) is 5.92 Å². The van der Waals surface area contributed by atoms with Gasteiger partial charge < -0.3 is 20.5 Å². The highest BCUT2D eigenvalue weighted by Gasteiger charge is 2.13. The Labute approximate surface area is 101 Å². The molecule has 3 N–H and O–H groups in total. The van der Waals surface area contributed by atoms with E-state index in [1.807, 2.05) is 13.8 Å². The van der Waals surface area contributed by atoms with Gasteiger partial charge in [0.25, 0.3) is 0 Å². The molecule has 0 saturated heterocycles. The molecule has 1 atom stereocenters. The summed E-state index contributed by atoms with van der Waals surface area (Å²) in [6.45, 7) is 4.35. The molecule has 0 saturated carbocycles. The van der Waals surface area contributed by atoms with E-state index in [1.165, 1.54) is 6.33 Å². The molecular weight excluding hydrogens is 220 g/mol. The Morgan fingerprint density at radius 1 is 1.35 bits per heavy atom. The van der Waals surface area contributed by atoms with E-state index >= 15 is 0 Å². The van der Waals surface area contributed by atoms with Crippen molar-refractivity contribution in [3.63, 3.8) is 0 Å². The molecule has 1 heterocycles. The standard InChI is InChI=1S/C11H20N4O2/c1-7(2)8(16)5-13-11-9(17-4)10(12-3)14-6-15-11/h6-8,16H,5H2,1-4H3,(H2,12,13,14,15). The molecule has 1 rings (SSSR count). The molecule has 0 amide bonds. The van der Waals surface area contributed by atoms with Crippen molar-refractivity contribution in [2.24, 2.45) is 5.92 Å². The van der Waals surface area contributed by atoms with Gasteiger partial charge in [-0.05, 0) is 5.92 Å². The maximum absolute atomic E-state index is 9.72. The first kappa shape index (κ1) is 13.5. The molecule has 1 aromatic heterocycles. The second-order valence-corrected chi connectivity index (χ2v) is 4.05. The number of nitrogens with zero attached hydrogens (tertiary/aromatic N) is 2. The van der Waals surface area contributed by atoms with Crippen molar-refractivity contribution in [2.75, 3.05) is 31.3 Å². The van der Waals surface area contributed by atoms with Crippen LogP contribution in [0.2, 0.25) is 0 Å². The third kappa shape index (κ3) is 3.45. The average Bonchev–Trinajstić information content (AvgIpc) is 2.34. The molecule has 17 heavy (non-hydrogen) atoms. The number of ether oxygens (including phenoxy) is 1. The van der Waals surface area contributed by atoms with Gasteiger partial charge in [0.2, 0.25) is 5.75 Å². The highest BCUT2D eigenvalue weighted by molar-refractivity contribution is 5.63. The summed E-state index contributed by atoms with van der Waals surface area (Å²) in [5, 5.41) is 15.7. The van der Waals surface area contributed by atoms with Crippen LogP contribution >= 0.6 is 0 Å². The molecule has 0 aliphatic rings. The lowest BCUT2D eigenvalue weighted by molar-refractivity contribution is 0.137. The number of hydrogen-bond acceptors (Lipinski definition) is 6. The molecular formula is C11H20N4O2. The first-order chi connectivity index (χ1) is 8.10. The maximum atomic E-state index is 9.72. The van der Waals surface area contributed by atoms with Crippen molar-refractivity contribution in [2.45, 2.75) is 20.0 Å². The van der Waals surface area contributed by atoms with Crippen LogP contribution in [0, 0.1) is 5.92 Å². The first-order valence-electron chi connectivity index (χ1n) is 5.58. The van der Waals surface area contributed by atoms with E-state index in [9.17, 15) is 5.11 Å². The van der Waals surface area contributed by atoms with Crippen LogP contribution in [-0.2, 0) is 0 Å². The largest absolute Gasteiger partial charge is 0.490 e. The number of nitrogens with one attached hydrogen (secondary N) is 2. The van der Waals surface area contributed by atoms with Crippen LogP contribution in [0.4, 0.5) is 11.6 Å². The van der Waals surface area contributed by atoms with Crippen molar-refractivity contribution in [1.82, 2.24) is 9.97 Å². The van der Waals surface area contributed by atoms with Gasteiger partial charge in [0.05, 0.1) is 13.2 Å². The van der Waals surface area contributed by atoms with Gasteiger partial charge in [-0.3, -0.25) is 0 Å². The minimum absolute atomic E-state index is 0.194. The number of aromatic nitrogens is 2. The van der Waals surface area contributed by atoms with Gasteiger partial charge in [-0.1, -0.05) is 13.8 Å². The van der Waals surface area contributed by atoms with E-state index in [2.05, 4.69) is 20.6 Å². The molecule has 0 fully saturated rings. The topological polar surface area (TPSA) is 79.3 Å². The number of methoxy groups -OCH3 is 1. The SMILES string of the molecule is CNc1ncnc(NCC(O)C(C)C)c1OC. The van der Waals surface area contributed by atoms with Gasteiger partial charge in [-0.25, -0.2) is 9.97 Å². The van der Waals surface area contributed by atoms with Gasteiger partial charge in [0.15, 0.2) is 11.6 Å². The van der Waals surface area contributed by atoms with E-state index in [4.69, 9.17) is 4.74 Å². The molecule has 6 nitrogen and oxygen atoms in total. The molecule has 0 spiro atoms. The van der Waals surface area contributed by atoms with Crippen molar-refractivity contribution < 1.29 is 9.84 Å². The summed E-state index contributed by atoms with van der Waals surface area (Å²) in [5.74, 6) is 1.93. The Bertz CT molecular complexity index is 357. The molecule has 0 bridgehead atoms. The maximum Gasteiger partial charge on any atom is 0.204 e. The quantitative estimate of drug-likeness (QED) is 0.687. The van der Waals surface area contributed by atoms with Crippen LogP contribution < -0.4 is 15.4 Å². The summed E-state index contributed by atoms with van der Waals surface area (Å²) in [6, 6.07) is 0. The van der Waals surface area contributed by atoms with Crippen molar-refractivity contribution in [3.05, 3.63) is 6.33 Å². The van der Waals surface area contributed by atoms with Crippen LogP contribution in [0.1, 0.15) is 13.8 Å². The first-order valence-corrected chi connectivity index (χ1v) is 5.58. The van der Waals surface area contributed by atoms with Crippen LogP contribution in [0.15, 0.2) is 6.33 Å². The number of aliphatic hydroxyl groups excluding tert-OH is 1. The lowest BCUT2D eigenvalue weighted by atomic mass is 10.1. The third-order valence-electron chi connectivity index (χ3n) is 2.49. The van der Waals surface area contributed by atoms with Gasteiger partial charge in [-0.15, -0.1) is 0 Å². The zero-order valence-corrected chi connectivity index (χ0v) is 10.7. The van der Waals surface area contributed by atoms with Crippen LogP contribution in [-0.4, -0.2) is 41.9 Å². The fraction of sp³-hybridized carbons (Fsp3) is 0.636. The summed E-state index contributed by atoms with van der Waals surface area (Å²) in [5.41, 5.74) is 0. The van der Waals surface area contributed by atoms with Gasteiger partial charge in [-0.2, -0.15) is 0 Å². The van der Waals surface area contributed by atoms with Crippen molar-refractivity contribution in [1.29, 1.82) is 0 Å². The highest BCUT2D eigenvalue weighted by atomic mass is 16.5. The monoisotopic (exact) mass is 240 g/mol. The zero-order valence-electron chi connectivity index (χ0n) is 10.7. The zero-order chi connectivity index (χ0) is 12.8. The molecule has 6 heteroatoms. The van der Waals surface area contributed by atoms with Crippen LogP contribution in [0.3, 0.4) is 0 Å². The normalized spacial score (nSPS) is 12.4. The number of aliphatic hydroxyl groups is 1. The minimum Gasteiger partial charge on any atom is -0.490 e. The molecule has 0 aliphatic carbocycles. The molecule has 0 radical (unpaired) electrons. The fourth-order valence-corrected chi connectivity index (χ4v) is 1.31. The Morgan fingerprint density at radius 2 is 2.00 bits per heavy atom. The fourth-order valence-electron chi connectivity index (χ4n) is 1.31. The third-order valence-corrected chi connectivity index (χ3v) is 2.49. The minimum atomic E-state index is -0.423. The molecule has 96 valence electrons. The second kappa shape index (κ2) is 6.24. The second-order valence-electron chi connectivity index (χ2n) is 4.05. The van der Waals surface area contributed by atoms with Crippen LogP contribution in [0.25, 0.3) is 0 Å². The molecule has 0 aliphatic heterocycles. The molecule has 0 aromatic carbocycles. The van der Waals surface area contributed by atoms with Crippen molar-refractivity contribution >= 4 is 11.6 Å². The Balaban J connectivity index is 2.77. The summed E-state index contributed by atoms with van der Waals surface area (Å²) in [6.07, 6.45) is 1.02. The van der Waals surface area contributed by atoms with E-state index < -0.39 is 6.10 Å². The predicted octanol–water partition coefficient (Wildman–Crippen LogP) is 0.956. The Kier molecular flexibility index (Phi) is 4.96. The molecule has 1 unspecified atom stereocenters. The lowest BCUT2D eigenvalue weighted by Gasteiger charge is -2.17. The van der Waals surface area contributed by atoms with E-state index in [0.29, 0.717) is 23.9 Å². The number of anilines is 2. The summed E-state index contributed by atoms with van der Waals surface area (Å²) < 4.78 is 5.23. The van der Waals surface area contributed by atoms with Crippen LogP contribution in [0.5, 0.6) is 5.75 Å². The Hall–Kier alpha value is -1.56. The summed E-state index contributed by atoms with van der Waals surface area (Å²) in [4.78, 5) is 8.13. The highest BCUT2D eigenvalue weighted by Crippen LogP contribution is 2.28. The van der Waals surface area contributed by atoms with Gasteiger partial charge in [0.1, 0.15) is 6.33 Å². The number of rotatable bonds is 6. The van der Waals surface area contributed by atoms with Gasteiger partial charge >= 0.3 is 0 Å². The lowest BCUT2D eigenvalue weighted by Crippen LogP contribution is -2.25. The van der Waals surface area contributed by atoms with E-state index in [0.717, 1.165) is 0 Å². The summed E-state index contributed by atoms with van der Waals surface area (Å²) >= 11 is 0. The number of hydrogen-bond donors (Lipinski definition) is 3. The predicted molar refractivity (Wildman–Crippen MR) is 67.5 cm³/mol. The van der Waals surface area contributed by atoms with Crippen molar-refractivity contribution in [3.8, 4) is 5.75 Å². The Morgan fingerprint density at radius 3 is 2.53 bits per heavy atom. The van der Waals surface area contributed by atoms with Gasteiger partial charge in [0, 0.05) is 13.6 Å².